The largest absolute Gasteiger partial charge is 0.310 e. The fourth-order valence-electron chi connectivity index (χ4n) is 7.33. The molecule has 8 aromatic carbocycles. The molecule has 0 unspecified atom stereocenters. The van der Waals surface area contributed by atoms with Crippen LogP contribution in [0.25, 0.3) is 54.6 Å². The second-order valence-electron chi connectivity index (χ2n) is 11.7. The summed E-state index contributed by atoms with van der Waals surface area (Å²) in [5.74, 6) is 0. The van der Waals surface area contributed by atoms with Crippen molar-refractivity contribution in [3.8, 4) is 22.3 Å². The van der Waals surface area contributed by atoms with Crippen molar-refractivity contribution in [3.63, 3.8) is 0 Å². The number of para-hydroxylation sites is 2. The van der Waals surface area contributed by atoms with Crippen molar-refractivity contribution in [1.82, 2.24) is 0 Å². The number of anilines is 3. The minimum atomic E-state index is 0.889. The van der Waals surface area contributed by atoms with Crippen molar-refractivity contribution in [2.24, 2.45) is 0 Å². The fourth-order valence-corrected chi connectivity index (χ4v) is 7.33. The van der Waals surface area contributed by atoms with E-state index < -0.39 is 0 Å². The second-order valence-corrected chi connectivity index (χ2v) is 11.7. The third-order valence-electron chi connectivity index (χ3n) is 9.25. The fraction of sp³-hybridized carbons (Fsp3) is 0.0233. The first-order valence-corrected chi connectivity index (χ1v) is 15.3. The van der Waals surface area contributed by atoms with Gasteiger partial charge in [0.15, 0.2) is 0 Å². The Kier molecular flexibility index (Phi) is 5.64. The number of fused-ring (bicyclic) bond motifs is 5. The zero-order chi connectivity index (χ0) is 29.0. The Morgan fingerprint density at radius 2 is 1.00 bits per heavy atom. The molecule has 0 bridgehead atoms. The van der Waals surface area contributed by atoms with E-state index in [1.165, 1.54) is 82.8 Å². The lowest BCUT2D eigenvalue weighted by Crippen LogP contribution is -2.19. The molecule has 1 heteroatoms. The van der Waals surface area contributed by atoms with Gasteiger partial charge in [0.2, 0.25) is 0 Å². The number of benzene rings is 8. The van der Waals surface area contributed by atoms with Crippen molar-refractivity contribution >= 4 is 49.4 Å². The Bertz CT molecular complexity index is 2310. The van der Waals surface area contributed by atoms with Crippen molar-refractivity contribution in [1.29, 1.82) is 0 Å². The standard InChI is InChI=1S/C43H29N/c1-2-16-33(17-3-1)44-40-23-11-6-15-31(40)28-39-38(22-12-24-41(39)44)43-36-20-9-7-18-34(36)42(35-19-8-10-21-37(35)43)32-26-25-29-13-4-5-14-30(29)27-32/h1-27H,28H2. The van der Waals surface area contributed by atoms with Gasteiger partial charge in [-0.1, -0.05) is 133 Å². The highest BCUT2D eigenvalue weighted by Crippen LogP contribution is 2.50. The summed E-state index contributed by atoms with van der Waals surface area (Å²) in [5.41, 5.74) is 11.6. The first kappa shape index (κ1) is 24.9. The predicted molar refractivity (Wildman–Crippen MR) is 187 cm³/mol. The van der Waals surface area contributed by atoms with E-state index >= 15 is 0 Å². The summed E-state index contributed by atoms with van der Waals surface area (Å²) < 4.78 is 0. The van der Waals surface area contributed by atoms with Crippen molar-refractivity contribution in [2.45, 2.75) is 6.42 Å². The van der Waals surface area contributed by atoms with Crippen LogP contribution >= 0.6 is 0 Å². The van der Waals surface area contributed by atoms with E-state index in [0.717, 1.165) is 6.42 Å². The maximum Gasteiger partial charge on any atom is 0.0503 e. The third kappa shape index (κ3) is 3.80. The summed E-state index contributed by atoms with van der Waals surface area (Å²) in [5, 5.41) is 7.66. The maximum absolute atomic E-state index is 2.44. The minimum Gasteiger partial charge on any atom is -0.310 e. The zero-order valence-electron chi connectivity index (χ0n) is 24.2. The quantitative estimate of drug-likeness (QED) is 0.195. The average Bonchev–Trinajstić information content (AvgIpc) is 3.09. The highest BCUT2D eigenvalue weighted by molar-refractivity contribution is 6.22. The molecule has 9 rings (SSSR count). The lowest BCUT2D eigenvalue weighted by Gasteiger charge is -2.35. The topological polar surface area (TPSA) is 3.24 Å². The lowest BCUT2D eigenvalue weighted by atomic mass is 9.82. The van der Waals surface area contributed by atoms with Crippen LogP contribution in [0.15, 0.2) is 164 Å². The summed E-state index contributed by atoms with van der Waals surface area (Å²) in [6, 6.07) is 60.0. The highest BCUT2D eigenvalue weighted by atomic mass is 15.2. The van der Waals surface area contributed by atoms with E-state index in [0.29, 0.717) is 0 Å². The van der Waals surface area contributed by atoms with Gasteiger partial charge in [-0.15, -0.1) is 0 Å². The van der Waals surface area contributed by atoms with E-state index in [1.807, 2.05) is 0 Å². The van der Waals surface area contributed by atoms with E-state index in [9.17, 15) is 0 Å². The minimum absolute atomic E-state index is 0.889. The van der Waals surface area contributed by atoms with Gasteiger partial charge in [-0.3, -0.25) is 0 Å². The van der Waals surface area contributed by atoms with Crippen LogP contribution in [0.4, 0.5) is 17.1 Å². The maximum atomic E-state index is 2.44. The summed E-state index contributed by atoms with van der Waals surface area (Å²) in [6.07, 6.45) is 0.889. The van der Waals surface area contributed by atoms with Crippen LogP contribution < -0.4 is 4.90 Å². The predicted octanol–water partition coefficient (Wildman–Crippen LogP) is 11.9. The number of nitrogens with zero attached hydrogens (tertiary/aromatic N) is 1. The smallest absolute Gasteiger partial charge is 0.0503 e. The van der Waals surface area contributed by atoms with Gasteiger partial charge < -0.3 is 4.90 Å². The first-order chi connectivity index (χ1) is 21.8. The van der Waals surface area contributed by atoms with Gasteiger partial charge in [0, 0.05) is 17.8 Å². The van der Waals surface area contributed by atoms with Gasteiger partial charge in [-0.2, -0.15) is 0 Å². The first-order valence-electron chi connectivity index (χ1n) is 15.3. The molecular weight excluding hydrogens is 530 g/mol. The van der Waals surface area contributed by atoms with Gasteiger partial charge in [-0.05, 0) is 96.0 Å². The summed E-state index contributed by atoms with van der Waals surface area (Å²) in [6.45, 7) is 0. The molecule has 0 amide bonds. The molecule has 0 saturated carbocycles. The third-order valence-corrected chi connectivity index (χ3v) is 9.25. The molecule has 0 saturated heterocycles. The molecule has 1 aliphatic heterocycles. The molecule has 0 spiro atoms. The van der Waals surface area contributed by atoms with Crippen molar-refractivity contribution in [3.05, 3.63) is 175 Å². The van der Waals surface area contributed by atoms with Crippen LogP contribution in [0.5, 0.6) is 0 Å². The zero-order valence-corrected chi connectivity index (χ0v) is 24.2. The monoisotopic (exact) mass is 559 g/mol. The van der Waals surface area contributed by atoms with Crippen LogP contribution in [0.1, 0.15) is 11.1 Å². The molecule has 0 atom stereocenters. The van der Waals surface area contributed by atoms with Crippen molar-refractivity contribution in [2.75, 3.05) is 4.90 Å². The summed E-state index contributed by atoms with van der Waals surface area (Å²) in [4.78, 5) is 2.44. The van der Waals surface area contributed by atoms with Gasteiger partial charge in [0.25, 0.3) is 0 Å². The van der Waals surface area contributed by atoms with E-state index in [4.69, 9.17) is 0 Å². The van der Waals surface area contributed by atoms with Gasteiger partial charge in [0.1, 0.15) is 0 Å². The molecule has 0 aliphatic carbocycles. The molecule has 0 fully saturated rings. The van der Waals surface area contributed by atoms with E-state index in [2.05, 4.69) is 169 Å². The Labute approximate surface area is 257 Å². The number of rotatable bonds is 3. The molecule has 44 heavy (non-hydrogen) atoms. The Hall–Kier alpha value is -5.66. The summed E-state index contributed by atoms with van der Waals surface area (Å²) >= 11 is 0. The lowest BCUT2D eigenvalue weighted by molar-refractivity contribution is 1.09. The molecule has 8 aromatic rings. The molecule has 1 aliphatic rings. The van der Waals surface area contributed by atoms with Gasteiger partial charge in [0.05, 0.1) is 5.69 Å². The molecule has 0 N–H and O–H groups in total. The Morgan fingerprint density at radius 1 is 0.409 bits per heavy atom. The molecular formula is C43H29N. The van der Waals surface area contributed by atoms with E-state index in [-0.39, 0.29) is 0 Å². The van der Waals surface area contributed by atoms with Crippen LogP contribution in [0.2, 0.25) is 0 Å². The average molecular weight is 560 g/mol. The Balaban J connectivity index is 1.36. The second kappa shape index (κ2) is 9.97. The van der Waals surface area contributed by atoms with Crippen LogP contribution in [-0.4, -0.2) is 0 Å². The van der Waals surface area contributed by atoms with Gasteiger partial charge >= 0.3 is 0 Å². The highest BCUT2D eigenvalue weighted by Gasteiger charge is 2.27. The summed E-state index contributed by atoms with van der Waals surface area (Å²) in [7, 11) is 0. The molecule has 1 nitrogen and oxygen atoms in total. The Morgan fingerprint density at radius 3 is 1.75 bits per heavy atom. The van der Waals surface area contributed by atoms with E-state index in [1.54, 1.807) is 0 Å². The molecule has 0 aromatic heterocycles. The SMILES string of the molecule is c1ccc(N2c3ccccc3Cc3c(-c4c5ccccc5c(-c5ccc6ccccc6c5)c5ccccc45)cccc32)cc1. The number of hydrogen-bond donors (Lipinski definition) is 0. The van der Waals surface area contributed by atoms with Crippen molar-refractivity contribution < 1.29 is 0 Å². The molecule has 0 radical (unpaired) electrons. The normalized spacial score (nSPS) is 12.4. The van der Waals surface area contributed by atoms with Gasteiger partial charge in [-0.25, -0.2) is 0 Å². The van der Waals surface area contributed by atoms with Crippen LogP contribution in [0.3, 0.4) is 0 Å². The van der Waals surface area contributed by atoms with Crippen LogP contribution in [-0.2, 0) is 6.42 Å². The number of hydrogen-bond acceptors (Lipinski definition) is 1. The molecule has 1 heterocycles. The van der Waals surface area contributed by atoms with Crippen LogP contribution in [0, 0.1) is 0 Å². The molecule has 206 valence electrons.